The van der Waals surface area contributed by atoms with Crippen LogP contribution in [0.5, 0.6) is 5.75 Å². The van der Waals surface area contributed by atoms with E-state index in [-0.39, 0.29) is 24.4 Å². The molecule has 1 aromatic rings. The highest BCUT2D eigenvalue weighted by Crippen LogP contribution is 2.22. The van der Waals surface area contributed by atoms with Gasteiger partial charge in [0.15, 0.2) is 18.2 Å². The number of morpholine rings is 1. The minimum Gasteiger partial charge on any atom is -0.481 e. The van der Waals surface area contributed by atoms with E-state index in [1.165, 1.54) is 12.1 Å². The van der Waals surface area contributed by atoms with Crippen LogP contribution in [0, 0.1) is 5.82 Å². The first-order valence-corrected chi connectivity index (χ1v) is 7.23. The van der Waals surface area contributed by atoms with Gasteiger partial charge in [-0.05, 0) is 26.0 Å². The molecular formula is C16H22FNO4. The van der Waals surface area contributed by atoms with Crippen LogP contribution in [0.2, 0.25) is 0 Å². The number of benzene rings is 1. The number of nitrogens with zero attached hydrogens (tertiary/aromatic N) is 1. The first-order chi connectivity index (χ1) is 10.4. The van der Waals surface area contributed by atoms with Gasteiger partial charge in [-0.3, -0.25) is 4.79 Å². The molecule has 1 saturated heterocycles. The lowest BCUT2D eigenvalue weighted by Crippen LogP contribution is -2.56. The largest absolute Gasteiger partial charge is 0.481 e. The Bertz CT molecular complexity index is 521. The Morgan fingerprint density at radius 1 is 1.45 bits per heavy atom. The Labute approximate surface area is 130 Å². The van der Waals surface area contributed by atoms with Crippen LogP contribution in [0.3, 0.4) is 0 Å². The van der Waals surface area contributed by atoms with Gasteiger partial charge in [0.2, 0.25) is 0 Å². The van der Waals surface area contributed by atoms with Crippen molar-refractivity contribution in [2.45, 2.75) is 25.6 Å². The Morgan fingerprint density at radius 3 is 2.86 bits per heavy atom. The number of para-hydroxylation sites is 1. The fraction of sp³-hybridized carbons (Fsp3) is 0.562. The third-order valence-electron chi connectivity index (χ3n) is 3.37. The number of halogens is 1. The average Bonchev–Trinajstić information content (AvgIpc) is 2.45. The summed E-state index contributed by atoms with van der Waals surface area (Å²) in [6, 6.07) is 6.03. The Kier molecular flexibility index (Phi) is 5.37. The van der Waals surface area contributed by atoms with Crippen LogP contribution in [0.15, 0.2) is 24.3 Å². The van der Waals surface area contributed by atoms with Crippen molar-refractivity contribution in [1.29, 1.82) is 0 Å². The monoisotopic (exact) mass is 311 g/mol. The maximum absolute atomic E-state index is 13.5. The predicted octanol–water partition coefficient (Wildman–Crippen LogP) is 1.86. The number of hydrogen-bond acceptors (Lipinski definition) is 4. The number of amides is 1. The van der Waals surface area contributed by atoms with E-state index < -0.39 is 11.4 Å². The minimum atomic E-state index is -0.477. The molecule has 6 heteroatoms. The van der Waals surface area contributed by atoms with Crippen molar-refractivity contribution in [2.75, 3.05) is 33.4 Å². The predicted molar refractivity (Wildman–Crippen MR) is 79.3 cm³/mol. The number of ether oxygens (including phenoxy) is 3. The summed E-state index contributed by atoms with van der Waals surface area (Å²) in [6.45, 7) is 4.97. The second kappa shape index (κ2) is 7.07. The number of carbonyl (C=O) groups excluding carboxylic acids is 1. The topological polar surface area (TPSA) is 48.0 Å². The summed E-state index contributed by atoms with van der Waals surface area (Å²) in [7, 11) is 1.60. The van der Waals surface area contributed by atoms with Gasteiger partial charge in [-0.25, -0.2) is 4.39 Å². The zero-order valence-electron chi connectivity index (χ0n) is 13.2. The smallest absolute Gasteiger partial charge is 0.260 e. The van der Waals surface area contributed by atoms with E-state index in [0.717, 1.165) is 0 Å². The third-order valence-corrected chi connectivity index (χ3v) is 3.37. The summed E-state index contributed by atoms with van der Waals surface area (Å²) in [5.41, 5.74) is -0.449. The van der Waals surface area contributed by atoms with Gasteiger partial charge in [-0.1, -0.05) is 12.1 Å². The van der Waals surface area contributed by atoms with Gasteiger partial charge in [0.25, 0.3) is 5.91 Å². The number of hydrogen-bond donors (Lipinski definition) is 0. The van der Waals surface area contributed by atoms with E-state index in [2.05, 4.69) is 0 Å². The molecule has 1 unspecified atom stereocenters. The van der Waals surface area contributed by atoms with Crippen molar-refractivity contribution in [3.8, 4) is 5.75 Å². The van der Waals surface area contributed by atoms with Crippen LogP contribution in [0.25, 0.3) is 0 Å². The fourth-order valence-electron chi connectivity index (χ4n) is 2.55. The second-order valence-corrected chi connectivity index (χ2v) is 5.95. The molecule has 5 nitrogen and oxygen atoms in total. The summed E-state index contributed by atoms with van der Waals surface area (Å²) >= 11 is 0. The normalized spacial score (nSPS) is 20.7. The van der Waals surface area contributed by atoms with Gasteiger partial charge in [0, 0.05) is 20.2 Å². The number of rotatable bonds is 5. The number of methoxy groups -OCH3 is 1. The van der Waals surface area contributed by atoms with Gasteiger partial charge in [-0.15, -0.1) is 0 Å². The lowest BCUT2D eigenvalue weighted by Gasteiger charge is -2.42. The van der Waals surface area contributed by atoms with Gasteiger partial charge in [0.1, 0.15) is 0 Å². The van der Waals surface area contributed by atoms with Crippen molar-refractivity contribution in [3.05, 3.63) is 30.1 Å². The quantitative estimate of drug-likeness (QED) is 0.833. The zero-order valence-corrected chi connectivity index (χ0v) is 13.2. The fourth-order valence-corrected chi connectivity index (χ4v) is 2.55. The van der Waals surface area contributed by atoms with Crippen molar-refractivity contribution >= 4 is 5.91 Å². The van der Waals surface area contributed by atoms with Gasteiger partial charge < -0.3 is 19.1 Å². The molecule has 1 amide bonds. The van der Waals surface area contributed by atoms with Crippen LogP contribution in [0.1, 0.15) is 13.8 Å². The summed E-state index contributed by atoms with van der Waals surface area (Å²) < 4.78 is 29.7. The summed E-state index contributed by atoms with van der Waals surface area (Å²) in [4.78, 5) is 14.0. The molecule has 2 rings (SSSR count). The molecule has 1 aliphatic rings. The Morgan fingerprint density at radius 2 is 2.18 bits per heavy atom. The standard InChI is InChI=1S/C16H22FNO4/c1-16(2)11-18(8-12(22-16)9-20-3)15(19)10-21-14-7-5-4-6-13(14)17/h4-7,12H,8-11H2,1-3H3. The highest BCUT2D eigenvalue weighted by atomic mass is 19.1. The Balaban J connectivity index is 1.95. The van der Waals surface area contributed by atoms with Gasteiger partial charge in [0.05, 0.1) is 18.3 Å². The van der Waals surface area contributed by atoms with E-state index in [4.69, 9.17) is 14.2 Å². The lowest BCUT2D eigenvalue weighted by molar-refractivity contribution is -0.170. The molecule has 0 aliphatic carbocycles. The minimum absolute atomic E-state index is 0.0804. The van der Waals surface area contributed by atoms with Crippen LogP contribution in [-0.4, -0.2) is 55.9 Å². The Hall–Kier alpha value is -1.66. The van der Waals surface area contributed by atoms with Crippen molar-refractivity contribution in [2.24, 2.45) is 0 Å². The SMILES string of the molecule is COCC1CN(C(=O)COc2ccccc2F)CC(C)(C)O1. The molecular weight excluding hydrogens is 289 g/mol. The zero-order chi connectivity index (χ0) is 16.2. The molecule has 0 spiro atoms. The lowest BCUT2D eigenvalue weighted by atomic mass is 10.1. The molecule has 22 heavy (non-hydrogen) atoms. The van der Waals surface area contributed by atoms with Crippen LogP contribution < -0.4 is 4.74 Å². The molecule has 0 aromatic heterocycles. The first-order valence-electron chi connectivity index (χ1n) is 7.23. The second-order valence-electron chi connectivity index (χ2n) is 5.95. The summed E-state index contributed by atoms with van der Waals surface area (Å²) in [5.74, 6) is -0.590. The van der Waals surface area contributed by atoms with Crippen LogP contribution >= 0.6 is 0 Å². The molecule has 1 atom stereocenters. The van der Waals surface area contributed by atoms with Crippen LogP contribution in [-0.2, 0) is 14.3 Å². The van der Waals surface area contributed by atoms with Crippen molar-refractivity contribution < 1.29 is 23.4 Å². The van der Waals surface area contributed by atoms with Crippen molar-refractivity contribution in [1.82, 2.24) is 4.90 Å². The summed E-state index contributed by atoms with van der Waals surface area (Å²) in [6.07, 6.45) is -0.175. The van der Waals surface area contributed by atoms with Gasteiger partial charge >= 0.3 is 0 Å². The maximum Gasteiger partial charge on any atom is 0.260 e. The molecule has 0 radical (unpaired) electrons. The van der Waals surface area contributed by atoms with Gasteiger partial charge in [-0.2, -0.15) is 0 Å². The molecule has 0 N–H and O–H groups in total. The molecule has 122 valence electrons. The molecule has 0 saturated carbocycles. The molecule has 1 aliphatic heterocycles. The molecule has 1 heterocycles. The molecule has 0 bridgehead atoms. The van der Waals surface area contributed by atoms with E-state index in [0.29, 0.717) is 19.7 Å². The highest BCUT2D eigenvalue weighted by Gasteiger charge is 2.35. The first kappa shape index (κ1) is 16.7. The van der Waals surface area contributed by atoms with E-state index in [1.54, 1.807) is 24.1 Å². The summed E-state index contributed by atoms with van der Waals surface area (Å²) in [5, 5.41) is 0. The average molecular weight is 311 g/mol. The molecule has 1 fully saturated rings. The number of carbonyl (C=O) groups is 1. The van der Waals surface area contributed by atoms with Crippen LogP contribution in [0.4, 0.5) is 4.39 Å². The highest BCUT2D eigenvalue weighted by molar-refractivity contribution is 5.78. The third kappa shape index (κ3) is 4.42. The van der Waals surface area contributed by atoms with E-state index in [9.17, 15) is 9.18 Å². The maximum atomic E-state index is 13.5. The van der Waals surface area contributed by atoms with E-state index >= 15 is 0 Å². The van der Waals surface area contributed by atoms with E-state index in [1.807, 2.05) is 13.8 Å². The molecule has 1 aromatic carbocycles. The van der Waals surface area contributed by atoms with Crippen molar-refractivity contribution in [3.63, 3.8) is 0 Å².